The number of hydrogen-bond acceptors (Lipinski definition) is 3. The average Bonchev–Trinajstić information content (AvgIpc) is 2.70. The fourth-order valence-electron chi connectivity index (χ4n) is 2.94. The maximum Gasteiger partial charge on any atom is 0.276 e. The van der Waals surface area contributed by atoms with Gasteiger partial charge in [-0.2, -0.15) is 5.10 Å². The van der Waals surface area contributed by atoms with Crippen molar-refractivity contribution < 1.29 is 4.79 Å². The molecule has 27 heavy (non-hydrogen) atoms. The van der Waals surface area contributed by atoms with E-state index in [1.165, 1.54) is 4.68 Å². The van der Waals surface area contributed by atoms with Gasteiger partial charge in [0.15, 0.2) is 5.69 Å². The van der Waals surface area contributed by atoms with Crippen LogP contribution in [-0.4, -0.2) is 15.7 Å². The van der Waals surface area contributed by atoms with Crippen molar-refractivity contribution in [3.05, 3.63) is 70.1 Å². The highest BCUT2D eigenvalue weighted by Crippen LogP contribution is 2.16. The smallest absolute Gasteiger partial charge is 0.276 e. The SMILES string of the molecule is C#Cc1cccc(NC(=O)c2nn(CCCCC)c(=O)c3ccccc23)c1. The molecule has 0 radical (unpaired) electrons. The first-order valence-electron chi connectivity index (χ1n) is 9.02. The highest BCUT2D eigenvalue weighted by molar-refractivity contribution is 6.11. The standard InChI is InChI=1S/C22H21N3O2/c1-3-5-8-14-25-22(27)19-13-7-6-12-18(19)20(24-25)21(26)23-17-11-9-10-16(4-2)15-17/h2,6-7,9-13,15H,3,5,8,14H2,1H3,(H,23,26). The normalized spacial score (nSPS) is 10.5. The topological polar surface area (TPSA) is 64.0 Å². The summed E-state index contributed by atoms with van der Waals surface area (Å²) in [6.07, 6.45) is 8.30. The molecule has 0 spiro atoms. The summed E-state index contributed by atoms with van der Waals surface area (Å²) in [5.74, 6) is 2.17. The Labute approximate surface area is 158 Å². The number of carbonyl (C=O) groups is 1. The van der Waals surface area contributed by atoms with Crippen LogP contribution in [0.25, 0.3) is 10.8 Å². The van der Waals surface area contributed by atoms with Gasteiger partial charge in [-0.1, -0.05) is 50.0 Å². The third-order valence-corrected chi connectivity index (χ3v) is 4.34. The summed E-state index contributed by atoms with van der Waals surface area (Å²) in [6, 6.07) is 14.1. The highest BCUT2D eigenvalue weighted by atomic mass is 16.2. The lowest BCUT2D eigenvalue weighted by Gasteiger charge is -2.11. The summed E-state index contributed by atoms with van der Waals surface area (Å²) in [7, 11) is 0. The first-order chi connectivity index (χ1) is 13.1. The van der Waals surface area contributed by atoms with Crippen molar-refractivity contribution in [2.75, 3.05) is 5.32 Å². The second kappa shape index (κ2) is 8.33. The van der Waals surface area contributed by atoms with Crippen molar-refractivity contribution in [1.82, 2.24) is 9.78 Å². The Kier molecular flexibility index (Phi) is 5.68. The van der Waals surface area contributed by atoms with Crippen molar-refractivity contribution in [2.45, 2.75) is 32.7 Å². The number of amides is 1. The molecule has 0 aliphatic rings. The van der Waals surface area contributed by atoms with Gasteiger partial charge in [-0.3, -0.25) is 9.59 Å². The van der Waals surface area contributed by atoms with Gasteiger partial charge in [-0.05, 0) is 30.7 Å². The predicted octanol–water partition coefficient (Wildman–Crippen LogP) is 3.82. The van der Waals surface area contributed by atoms with E-state index in [0.29, 0.717) is 28.6 Å². The van der Waals surface area contributed by atoms with E-state index >= 15 is 0 Å². The highest BCUT2D eigenvalue weighted by Gasteiger charge is 2.16. The number of aromatic nitrogens is 2. The minimum atomic E-state index is -0.371. The molecule has 0 saturated heterocycles. The summed E-state index contributed by atoms with van der Waals surface area (Å²) in [5, 5.41) is 8.22. The number of unbranched alkanes of at least 4 members (excludes halogenated alkanes) is 2. The lowest BCUT2D eigenvalue weighted by atomic mass is 10.1. The molecule has 136 valence electrons. The summed E-state index contributed by atoms with van der Waals surface area (Å²) in [5.41, 5.74) is 1.32. The van der Waals surface area contributed by atoms with E-state index in [-0.39, 0.29) is 17.2 Å². The van der Waals surface area contributed by atoms with Crippen LogP contribution in [-0.2, 0) is 6.54 Å². The molecule has 0 atom stereocenters. The first kappa shape index (κ1) is 18.4. The molecule has 0 aliphatic carbocycles. The van der Waals surface area contributed by atoms with Gasteiger partial charge in [0.1, 0.15) is 0 Å². The van der Waals surface area contributed by atoms with Gasteiger partial charge in [0.2, 0.25) is 0 Å². The molecule has 3 aromatic rings. The predicted molar refractivity (Wildman–Crippen MR) is 108 cm³/mol. The number of terminal acetylenes is 1. The third kappa shape index (κ3) is 4.06. The maximum atomic E-state index is 12.9. The molecule has 0 bridgehead atoms. The minimum absolute atomic E-state index is 0.174. The van der Waals surface area contributed by atoms with E-state index in [2.05, 4.69) is 23.3 Å². The van der Waals surface area contributed by atoms with Crippen molar-refractivity contribution in [3.8, 4) is 12.3 Å². The number of rotatable bonds is 6. The number of fused-ring (bicyclic) bond motifs is 1. The zero-order chi connectivity index (χ0) is 19.2. The van der Waals surface area contributed by atoms with Gasteiger partial charge in [0.05, 0.1) is 5.39 Å². The van der Waals surface area contributed by atoms with E-state index in [0.717, 1.165) is 19.3 Å². The number of nitrogens with one attached hydrogen (secondary N) is 1. The Morgan fingerprint density at radius 2 is 1.93 bits per heavy atom. The fourth-order valence-corrected chi connectivity index (χ4v) is 2.94. The zero-order valence-corrected chi connectivity index (χ0v) is 15.2. The summed E-state index contributed by atoms with van der Waals surface area (Å²) in [4.78, 5) is 25.6. The van der Waals surface area contributed by atoms with Gasteiger partial charge in [-0.25, -0.2) is 4.68 Å². The number of aryl methyl sites for hydroxylation is 1. The number of benzene rings is 2. The van der Waals surface area contributed by atoms with Gasteiger partial charge in [0, 0.05) is 23.2 Å². The Balaban J connectivity index is 2.01. The van der Waals surface area contributed by atoms with Crippen LogP contribution in [0.5, 0.6) is 0 Å². The largest absolute Gasteiger partial charge is 0.321 e. The minimum Gasteiger partial charge on any atom is -0.321 e. The van der Waals surface area contributed by atoms with E-state index < -0.39 is 0 Å². The Hall–Kier alpha value is -3.39. The molecular weight excluding hydrogens is 338 g/mol. The Bertz CT molecular complexity index is 1080. The fraction of sp³-hybridized carbons (Fsp3) is 0.227. The zero-order valence-electron chi connectivity index (χ0n) is 15.2. The maximum absolute atomic E-state index is 12.9. The molecule has 5 nitrogen and oxygen atoms in total. The summed E-state index contributed by atoms with van der Waals surface area (Å²) >= 11 is 0. The van der Waals surface area contributed by atoms with Crippen LogP contribution >= 0.6 is 0 Å². The number of hydrogen-bond donors (Lipinski definition) is 1. The van der Waals surface area contributed by atoms with Crippen LogP contribution in [0.1, 0.15) is 42.2 Å². The van der Waals surface area contributed by atoms with E-state index in [9.17, 15) is 9.59 Å². The summed E-state index contributed by atoms with van der Waals surface area (Å²) < 4.78 is 1.39. The van der Waals surface area contributed by atoms with Crippen molar-refractivity contribution in [3.63, 3.8) is 0 Å². The quantitative estimate of drug-likeness (QED) is 0.537. The molecule has 2 aromatic carbocycles. The van der Waals surface area contributed by atoms with Crippen molar-refractivity contribution in [1.29, 1.82) is 0 Å². The van der Waals surface area contributed by atoms with Gasteiger partial charge < -0.3 is 5.32 Å². The molecular formula is C22H21N3O2. The molecule has 1 N–H and O–H groups in total. The van der Waals surface area contributed by atoms with Crippen LogP contribution < -0.4 is 10.9 Å². The molecule has 0 unspecified atom stereocenters. The van der Waals surface area contributed by atoms with Crippen LogP contribution in [0, 0.1) is 12.3 Å². The van der Waals surface area contributed by atoms with Crippen LogP contribution in [0.4, 0.5) is 5.69 Å². The first-order valence-corrected chi connectivity index (χ1v) is 9.02. The molecule has 5 heteroatoms. The second-order valence-electron chi connectivity index (χ2n) is 6.31. The lowest BCUT2D eigenvalue weighted by molar-refractivity contribution is 0.102. The molecule has 0 fully saturated rings. The Morgan fingerprint density at radius 1 is 1.15 bits per heavy atom. The van der Waals surface area contributed by atoms with Gasteiger partial charge >= 0.3 is 0 Å². The number of carbonyl (C=O) groups excluding carboxylic acids is 1. The number of anilines is 1. The number of nitrogens with zero attached hydrogens (tertiary/aromatic N) is 2. The molecule has 1 heterocycles. The molecule has 1 aromatic heterocycles. The van der Waals surface area contributed by atoms with Crippen LogP contribution in [0.3, 0.4) is 0 Å². The third-order valence-electron chi connectivity index (χ3n) is 4.34. The van der Waals surface area contributed by atoms with Crippen molar-refractivity contribution >= 4 is 22.4 Å². The van der Waals surface area contributed by atoms with E-state index in [1.54, 1.807) is 48.5 Å². The van der Waals surface area contributed by atoms with Gasteiger partial charge in [0.25, 0.3) is 11.5 Å². The van der Waals surface area contributed by atoms with Crippen LogP contribution in [0.2, 0.25) is 0 Å². The van der Waals surface area contributed by atoms with Crippen molar-refractivity contribution in [2.24, 2.45) is 0 Å². The molecule has 1 amide bonds. The average molecular weight is 359 g/mol. The lowest BCUT2D eigenvalue weighted by Crippen LogP contribution is -2.27. The second-order valence-corrected chi connectivity index (χ2v) is 6.31. The summed E-state index contributed by atoms with van der Waals surface area (Å²) in [6.45, 7) is 2.59. The molecule has 3 rings (SSSR count). The molecule has 0 aliphatic heterocycles. The monoisotopic (exact) mass is 359 g/mol. The van der Waals surface area contributed by atoms with Crippen LogP contribution in [0.15, 0.2) is 53.3 Å². The van der Waals surface area contributed by atoms with E-state index in [4.69, 9.17) is 6.42 Å². The Morgan fingerprint density at radius 3 is 2.67 bits per heavy atom. The van der Waals surface area contributed by atoms with Gasteiger partial charge in [-0.15, -0.1) is 6.42 Å². The van der Waals surface area contributed by atoms with E-state index in [1.807, 2.05) is 0 Å². The molecule has 0 saturated carbocycles.